The highest BCUT2D eigenvalue weighted by molar-refractivity contribution is 6.32. The molecule has 2 heterocycles. The number of nitrogen functional groups attached to an aromatic ring is 1. The molecule has 0 bridgehead atoms. The van der Waals surface area contributed by atoms with Gasteiger partial charge in [0.2, 0.25) is 5.65 Å². The highest BCUT2D eigenvalue weighted by Crippen LogP contribution is 2.20. The van der Waals surface area contributed by atoms with Gasteiger partial charge in [-0.1, -0.05) is 11.6 Å². The summed E-state index contributed by atoms with van der Waals surface area (Å²) in [6.07, 6.45) is 3.04. The van der Waals surface area contributed by atoms with Crippen LogP contribution < -0.4 is 5.73 Å². The highest BCUT2D eigenvalue weighted by atomic mass is 35.5. The van der Waals surface area contributed by atoms with Crippen molar-refractivity contribution in [3.05, 3.63) is 17.5 Å². The van der Waals surface area contributed by atoms with Crippen LogP contribution in [0.2, 0.25) is 5.15 Å². The first-order valence-corrected chi connectivity index (χ1v) is 3.55. The van der Waals surface area contributed by atoms with Crippen LogP contribution in [0, 0.1) is 0 Å². The topological polar surface area (TPSA) is 77.6 Å². The predicted molar refractivity (Wildman–Crippen MR) is 44.6 cm³/mol. The Kier molecular flexibility index (Phi) is 1.51. The molecule has 2 rings (SSSR count). The van der Waals surface area contributed by atoms with Gasteiger partial charge in [0.15, 0.2) is 5.15 Å². The molecule has 12 heavy (non-hydrogen) atoms. The Morgan fingerprint density at radius 3 is 2.75 bits per heavy atom. The number of anilines is 1. The summed E-state index contributed by atoms with van der Waals surface area (Å²) in [7, 11) is 0. The molecule has 60 valence electrons. The van der Waals surface area contributed by atoms with E-state index in [1.165, 1.54) is 12.4 Å². The third kappa shape index (κ3) is 0.947. The minimum absolute atomic E-state index is 0.156. The standard InChI is InChI=1S/C6H4ClN5/c7-5-3(8)4-6(12-11-5)10-2-1-9-4/h1-2H,(H2,8,10,12). The van der Waals surface area contributed by atoms with Crippen LogP contribution in [0.25, 0.3) is 11.2 Å². The lowest BCUT2D eigenvalue weighted by atomic mass is 10.4. The number of halogens is 1. The van der Waals surface area contributed by atoms with Crippen molar-refractivity contribution in [3.8, 4) is 0 Å². The zero-order valence-corrected chi connectivity index (χ0v) is 6.65. The SMILES string of the molecule is Nc1c(Cl)nnc2nccnc12. The summed E-state index contributed by atoms with van der Waals surface area (Å²) in [5.41, 5.74) is 6.78. The molecule has 6 heteroatoms. The van der Waals surface area contributed by atoms with Gasteiger partial charge in [-0.2, -0.15) is 0 Å². The first-order valence-electron chi connectivity index (χ1n) is 3.17. The molecule has 0 fully saturated rings. The molecule has 0 saturated heterocycles. The second kappa shape index (κ2) is 2.53. The molecule has 0 amide bonds. The van der Waals surface area contributed by atoms with E-state index < -0.39 is 0 Å². The number of aromatic nitrogens is 4. The van der Waals surface area contributed by atoms with Crippen molar-refractivity contribution >= 4 is 28.5 Å². The van der Waals surface area contributed by atoms with Crippen molar-refractivity contribution in [3.63, 3.8) is 0 Å². The van der Waals surface area contributed by atoms with Crippen molar-refractivity contribution < 1.29 is 0 Å². The molecule has 0 spiro atoms. The maximum atomic E-state index is 5.62. The number of fused-ring (bicyclic) bond motifs is 1. The van der Waals surface area contributed by atoms with Gasteiger partial charge in [0.1, 0.15) is 11.2 Å². The van der Waals surface area contributed by atoms with E-state index in [1.54, 1.807) is 0 Å². The van der Waals surface area contributed by atoms with E-state index in [-0.39, 0.29) is 5.15 Å². The second-order valence-corrected chi connectivity index (χ2v) is 2.49. The molecule has 5 nitrogen and oxygen atoms in total. The van der Waals surface area contributed by atoms with Gasteiger partial charge in [-0.3, -0.25) is 0 Å². The number of hydrogen-bond acceptors (Lipinski definition) is 5. The lowest BCUT2D eigenvalue weighted by molar-refractivity contribution is 1.04. The van der Waals surface area contributed by atoms with E-state index in [1.807, 2.05) is 0 Å². The monoisotopic (exact) mass is 181 g/mol. The Hall–Kier alpha value is -1.49. The Morgan fingerprint density at radius 2 is 1.92 bits per heavy atom. The van der Waals surface area contributed by atoms with Gasteiger partial charge in [-0.15, -0.1) is 10.2 Å². The normalized spacial score (nSPS) is 10.4. The summed E-state index contributed by atoms with van der Waals surface area (Å²) in [6, 6.07) is 0. The van der Waals surface area contributed by atoms with E-state index in [0.29, 0.717) is 16.9 Å². The number of rotatable bonds is 0. The van der Waals surface area contributed by atoms with Crippen LogP contribution in [0.3, 0.4) is 0 Å². The van der Waals surface area contributed by atoms with E-state index in [9.17, 15) is 0 Å². The van der Waals surface area contributed by atoms with Crippen LogP contribution in [-0.4, -0.2) is 20.2 Å². The maximum Gasteiger partial charge on any atom is 0.202 e. The number of nitrogens with two attached hydrogens (primary N) is 1. The molecule has 0 unspecified atom stereocenters. The number of hydrogen-bond donors (Lipinski definition) is 1. The summed E-state index contributed by atoms with van der Waals surface area (Å²) >= 11 is 5.62. The van der Waals surface area contributed by atoms with E-state index in [2.05, 4.69) is 20.2 Å². The van der Waals surface area contributed by atoms with E-state index in [0.717, 1.165) is 0 Å². The van der Waals surface area contributed by atoms with Crippen molar-refractivity contribution in [1.29, 1.82) is 0 Å². The first-order chi connectivity index (χ1) is 5.79. The maximum absolute atomic E-state index is 5.62. The van der Waals surface area contributed by atoms with Crippen LogP contribution >= 0.6 is 11.6 Å². The lowest BCUT2D eigenvalue weighted by Gasteiger charge is -1.98. The van der Waals surface area contributed by atoms with Crippen molar-refractivity contribution in [2.24, 2.45) is 0 Å². The van der Waals surface area contributed by atoms with E-state index >= 15 is 0 Å². The Labute approximate surface area is 72.6 Å². The summed E-state index contributed by atoms with van der Waals surface area (Å²) < 4.78 is 0. The number of nitrogens with zero attached hydrogens (tertiary/aromatic N) is 4. The van der Waals surface area contributed by atoms with Crippen LogP contribution in [-0.2, 0) is 0 Å². The molecule has 0 saturated carbocycles. The lowest BCUT2D eigenvalue weighted by Crippen LogP contribution is -1.97. The largest absolute Gasteiger partial charge is 0.394 e. The minimum atomic E-state index is 0.156. The van der Waals surface area contributed by atoms with Gasteiger partial charge >= 0.3 is 0 Å². The smallest absolute Gasteiger partial charge is 0.202 e. The first kappa shape index (κ1) is 7.17. The zero-order chi connectivity index (χ0) is 8.55. The third-order valence-electron chi connectivity index (χ3n) is 1.39. The Bertz CT molecular complexity index is 429. The molecule has 2 N–H and O–H groups in total. The molecular weight excluding hydrogens is 178 g/mol. The summed E-state index contributed by atoms with van der Waals surface area (Å²) in [4.78, 5) is 7.88. The molecule has 2 aromatic heterocycles. The predicted octanol–water partition coefficient (Wildman–Crippen LogP) is 0.655. The molecule has 0 aliphatic heterocycles. The minimum Gasteiger partial charge on any atom is -0.394 e. The van der Waals surface area contributed by atoms with E-state index in [4.69, 9.17) is 17.3 Å². The Morgan fingerprint density at radius 1 is 1.17 bits per heavy atom. The molecular formula is C6H4ClN5. The fraction of sp³-hybridized carbons (Fsp3) is 0. The summed E-state index contributed by atoms with van der Waals surface area (Å²) in [5.74, 6) is 0. The Balaban J connectivity index is 2.91. The van der Waals surface area contributed by atoms with Crippen LogP contribution in [0.1, 0.15) is 0 Å². The fourth-order valence-electron chi connectivity index (χ4n) is 0.837. The van der Waals surface area contributed by atoms with Gasteiger partial charge in [-0.25, -0.2) is 9.97 Å². The third-order valence-corrected chi connectivity index (χ3v) is 1.67. The van der Waals surface area contributed by atoms with Crippen molar-refractivity contribution in [1.82, 2.24) is 20.2 Å². The van der Waals surface area contributed by atoms with Crippen molar-refractivity contribution in [2.75, 3.05) is 5.73 Å². The highest BCUT2D eigenvalue weighted by Gasteiger charge is 2.05. The average Bonchev–Trinajstić information content (AvgIpc) is 2.12. The molecule has 0 aromatic carbocycles. The van der Waals surface area contributed by atoms with Crippen LogP contribution in [0.5, 0.6) is 0 Å². The molecule has 0 atom stereocenters. The van der Waals surface area contributed by atoms with Crippen LogP contribution in [0.4, 0.5) is 5.69 Å². The summed E-state index contributed by atoms with van der Waals surface area (Å²) in [5, 5.41) is 7.46. The average molecular weight is 182 g/mol. The summed E-state index contributed by atoms with van der Waals surface area (Å²) in [6.45, 7) is 0. The van der Waals surface area contributed by atoms with Gasteiger partial charge < -0.3 is 5.73 Å². The van der Waals surface area contributed by atoms with Gasteiger partial charge in [0, 0.05) is 12.4 Å². The van der Waals surface area contributed by atoms with Crippen LogP contribution in [0.15, 0.2) is 12.4 Å². The molecule has 0 aliphatic rings. The molecule has 0 aliphatic carbocycles. The van der Waals surface area contributed by atoms with Gasteiger partial charge in [-0.05, 0) is 0 Å². The zero-order valence-electron chi connectivity index (χ0n) is 5.90. The molecule has 0 radical (unpaired) electrons. The second-order valence-electron chi connectivity index (χ2n) is 2.13. The quantitative estimate of drug-likeness (QED) is 0.646. The molecule has 2 aromatic rings. The van der Waals surface area contributed by atoms with Crippen molar-refractivity contribution in [2.45, 2.75) is 0 Å². The van der Waals surface area contributed by atoms with Gasteiger partial charge in [0.25, 0.3) is 0 Å². The fourth-order valence-corrected chi connectivity index (χ4v) is 0.964. The van der Waals surface area contributed by atoms with Gasteiger partial charge in [0.05, 0.1) is 0 Å².